The number of nitrogens with zero attached hydrogens (tertiary/aromatic N) is 2. The summed E-state index contributed by atoms with van der Waals surface area (Å²) in [5, 5.41) is 5.76. The van der Waals surface area contributed by atoms with Crippen molar-refractivity contribution in [3.05, 3.63) is 12.4 Å². The molecule has 0 radical (unpaired) electrons. The molecule has 0 saturated heterocycles. The Labute approximate surface area is 77.7 Å². The van der Waals surface area contributed by atoms with Crippen molar-refractivity contribution in [2.45, 2.75) is 19.6 Å². The maximum atomic E-state index is 11.9. The van der Waals surface area contributed by atoms with Crippen LogP contribution in [0.1, 0.15) is 6.92 Å². The second-order valence-electron chi connectivity index (χ2n) is 2.72. The molecule has 1 amide bonds. The molecule has 0 aliphatic heterocycles. The molecule has 0 bridgehead atoms. The standard InChI is InChI=1S/C7H8F3N3O/c1-5(14)12-6-2-11-13(3-6)4-7(8,9)10/h2-3H,4H2,1H3,(H,12,14). The first-order valence-corrected chi connectivity index (χ1v) is 3.73. The van der Waals surface area contributed by atoms with Crippen LogP contribution in [0.15, 0.2) is 12.4 Å². The molecule has 0 unspecified atom stereocenters. The summed E-state index contributed by atoms with van der Waals surface area (Å²) < 4.78 is 36.3. The minimum absolute atomic E-state index is 0.252. The Morgan fingerprint density at radius 2 is 2.29 bits per heavy atom. The topological polar surface area (TPSA) is 46.9 Å². The van der Waals surface area contributed by atoms with Gasteiger partial charge in [0.2, 0.25) is 5.91 Å². The Morgan fingerprint density at radius 3 is 2.79 bits per heavy atom. The molecule has 4 nitrogen and oxygen atoms in total. The van der Waals surface area contributed by atoms with Crippen LogP contribution >= 0.6 is 0 Å². The van der Waals surface area contributed by atoms with Gasteiger partial charge in [0.05, 0.1) is 11.9 Å². The average molecular weight is 207 g/mol. The summed E-state index contributed by atoms with van der Waals surface area (Å²) in [4.78, 5) is 10.5. The van der Waals surface area contributed by atoms with Crippen LogP contribution in [0.25, 0.3) is 0 Å². The van der Waals surface area contributed by atoms with E-state index in [9.17, 15) is 18.0 Å². The molecule has 78 valence electrons. The van der Waals surface area contributed by atoms with Crippen LogP contribution in [0.4, 0.5) is 18.9 Å². The van der Waals surface area contributed by atoms with Gasteiger partial charge in [0.25, 0.3) is 0 Å². The van der Waals surface area contributed by atoms with Crippen LogP contribution in [-0.4, -0.2) is 21.9 Å². The van der Waals surface area contributed by atoms with Crippen molar-refractivity contribution >= 4 is 11.6 Å². The van der Waals surface area contributed by atoms with E-state index in [4.69, 9.17) is 0 Å². The molecule has 1 heterocycles. The van der Waals surface area contributed by atoms with E-state index in [1.54, 1.807) is 0 Å². The zero-order valence-corrected chi connectivity index (χ0v) is 7.30. The highest BCUT2D eigenvalue weighted by atomic mass is 19.4. The van der Waals surface area contributed by atoms with E-state index in [0.29, 0.717) is 4.68 Å². The number of carbonyl (C=O) groups is 1. The van der Waals surface area contributed by atoms with Crippen LogP contribution in [0.3, 0.4) is 0 Å². The molecule has 0 spiro atoms. The van der Waals surface area contributed by atoms with Gasteiger partial charge in [-0.1, -0.05) is 0 Å². The maximum absolute atomic E-state index is 11.9. The summed E-state index contributed by atoms with van der Waals surface area (Å²) in [6, 6.07) is 0. The number of hydrogen-bond donors (Lipinski definition) is 1. The van der Waals surface area contributed by atoms with Gasteiger partial charge >= 0.3 is 6.18 Å². The number of halogens is 3. The number of amides is 1. The van der Waals surface area contributed by atoms with Gasteiger partial charge < -0.3 is 5.32 Å². The SMILES string of the molecule is CC(=O)Nc1cnn(CC(F)(F)F)c1. The van der Waals surface area contributed by atoms with Gasteiger partial charge in [-0.25, -0.2) is 0 Å². The van der Waals surface area contributed by atoms with E-state index in [0.717, 1.165) is 12.4 Å². The van der Waals surface area contributed by atoms with E-state index >= 15 is 0 Å². The minimum Gasteiger partial charge on any atom is -0.324 e. The molecule has 7 heteroatoms. The fourth-order valence-corrected chi connectivity index (χ4v) is 0.902. The smallest absolute Gasteiger partial charge is 0.324 e. The van der Waals surface area contributed by atoms with Crippen molar-refractivity contribution in [1.29, 1.82) is 0 Å². The van der Waals surface area contributed by atoms with Crippen molar-refractivity contribution in [3.63, 3.8) is 0 Å². The third-order valence-electron chi connectivity index (χ3n) is 1.29. The molecule has 0 aliphatic rings. The van der Waals surface area contributed by atoms with E-state index in [2.05, 4.69) is 10.4 Å². The molecule has 1 N–H and O–H groups in total. The lowest BCUT2D eigenvalue weighted by atomic mass is 10.5. The molecule has 1 rings (SSSR count). The molecule has 14 heavy (non-hydrogen) atoms. The van der Waals surface area contributed by atoms with Crippen LogP contribution in [0.2, 0.25) is 0 Å². The number of nitrogens with one attached hydrogen (secondary N) is 1. The average Bonchev–Trinajstić information content (AvgIpc) is 2.30. The Balaban J connectivity index is 2.64. The van der Waals surface area contributed by atoms with Gasteiger partial charge in [0.1, 0.15) is 6.54 Å². The Hall–Kier alpha value is -1.53. The molecule has 1 aromatic heterocycles. The summed E-state index contributed by atoms with van der Waals surface area (Å²) in [5.74, 6) is -0.350. The quantitative estimate of drug-likeness (QED) is 0.796. The zero-order valence-electron chi connectivity index (χ0n) is 7.30. The third kappa shape index (κ3) is 3.46. The van der Waals surface area contributed by atoms with E-state index < -0.39 is 12.7 Å². The molecule has 0 atom stereocenters. The number of alkyl halides is 3. The van der Waals surface area contributed by atoms with Gasteiger partial charge in [-0.2, -0.15) is 18.3 Å². The molecule has 0 saturated carbocycles. The van der Waals surface area contributed by atoms with E-state index in [-0.39, 0.29) is 11.6 Å². The lowest BCUT2D eigenvalue weighted by Crippen LogP contribution is -2.17. The first-order valence-electron chi connectivity index (χ1n) is 3.73. The Morgan fingerprint density at radius 1 is 1.64 bits per heavy atom. The lowest BCUT2D eigenvalue weighted by Gasteiger charge is -2.04. The first kappa shape index (κ1) is 10.6. The second-order valence-corrected chi connectivity index (χ2v) is 2.72. The van der Waals surface area contributed by atoms with Gasteiger partial charge in [-0.05, 0) is 0 Å². The normalized spacial score (nSPS) is 11.4. The molecular weight excluding hydrogens is 199 g/mol. The number of anilines is 1. The van der Waals surface area contributed by atoms with Crippen molar-refractivity contribution in [1.82, 2.24) is 9.78 Å². The monoisotopic (exact) mass is 207 g/mol. The fraction of sp³-hybridized carbons (Fsp3) is 0.429. The van der Waals surface area contributed by atoms with Crippen LogP contribution in [0, 0.1) is 0 Å². The van der Waals surface area contributed by atoms with Crippen LogP contribution in [-0.2, 0) is 11.3 Å². The van der Waals surface area contributed by atoms with Crippen molar-refractivity contribution in [2.24, 2.45) is 0 Å². The van der Waals surface area contributed by atoms with Crippen molar-refractivity contribution < 1.29 is 18.0 Å². The maximum Gasteiger partial charge on any atom is 0.408 e. The summed E-state index contributed by atoms with van der Waals surface area (Å²) >= 11 is 0. The van der Waals surface area contributed by atoms with Crippen molar-refractivity contribution in [3.8, 4) is 0 Å². The van der Waals surface area contributed by atoms with Gasteiger partial charge in [0, 0.05) is 13.1 Å². The van der Waals surface area contributed by atoms with Crippen molar-refractivity contribution in [2.75, 3.05) is 5.32 Å². The highest BCUT2D eigenvalue weighted by Crippen LogP contribution is 2.17. The second kappa shape index (κ2) is 3.69. The first-order chi connectivity index (χ1) is 6.37. The number of rotatable bonds is 2. The van der Waals surface area contributed by atoms with E-state index in [1.807, 2.05) is 0 Å². The minimum atomic E-state index is -4.31. The Kier molecular flexibility index (Phi) is 2.78. The lowest BCUT2D eigenvalue weighted by molar-refractivity contribution is -0.142. The van der Waals surface area contributed by atoms with Gasteiger partial charge in [-0.3, -0.25) is 9.48 Å². The molecule has 1 aromatic rings. The molecular formula is C7H8F3N3O. The van der Waals surface area contributed by atoms with Crippen LogP contribution in [0.5, 0.6) is 0 Å². The summed E-state index contributed by atoms with van der Waals surface area (Å²) in [7, 11) is 0. The highest BCUT2D eigenvalue weighted by molar-refractivity contribution is 5.88. The number of aromatic nitrogens is 2. The van der Waals surface area contributed by atoms with Crippen LogP contribution < -0.4 is 5.32 Å². The summed E-state index contributed by atoms with van der Waals surface area (Å²) in [5.41, 5.74) is 0.252. The predicted octanol–water partition coefficient (Wildman–Crippen LogP) is 1.40. The predicted molar refractivity (Wildman–Crippen MR) is 42.6 cm³/mol. The number of hydrogen-bond acceptors (Lipinski definition) is 2. The molecule has 0 fully saturated rings. The molecule has 0 aromatic carbocycles. The Bertz CT molecular complexity index is 331. The largest absolute Gasteiger partial charge is 0.408 e. The zero-order chi connectivity index (χ0) is 10.8. The third-order valence-corrected chi connectivity index (χ3v) is 1.29. The van der Waals surface area contributed by atoms with Gasteiger partial charge in [-0.15, -0.1) is 0 Å². The fourth-order valence-electron chi connectivity index (χ4n) is 0.902. The highest BCUT2D eigenvalue weighted by Gasteiger charge is 2.28. The summed E-state index contributed by atoms with van der Waals surface area (Å²) in [6.45, 7) is 0.105. The van der Waals surface area contributed by atoms with Gasteiger partial charge in [0.15, 0.2) is 0 Å². The molecule has 0 aliphatic carbocycles. The van der Waals surface area contributed by atoms with E-state index in [1.165, 1.54) is 6.92 Å². The summed E-state index contributed by atoms with van der Waals surface area (Å²) in [6.07, 6.45) is -2.03. The number of carbonyl (C=O) groups excluding carboxylic acids is 1.